The van der Waals surface area contributed by atoms with Crippen LogP contribution in [-0.4, -0.2) is 32.1 Å². The Morgan fingerprint density at radius 2 is 1.86 bits per heavy atom. The maximum Gasteiger partial charge on any atom is 0.275 e. The number of para-hydroxylation sites is 1. The van der Waals surface area contributed by atoms with E-state index in [0.29, 0.717) is 23.0 Å². The second kappa shape index (κ2) is 6.53. The normalized spacial score (nSPS) is 16.9. The average molecular weight is 390 g/mol. The Morgan fingerprint density at radius 1 is 1.11 bits per heavy atom. The molecule has 0 radical (unpaired) electrons. The number of nitrogens with zero attached hydrogens (tertiary/aromatic N) is 4. The molecule has 140 valence electrons. The van der Waals surface area contributed by atoms with Crippen molar-refractivity contribution < 1.29 is 4.79 Å². The first-order valence-electron chi connectivity index (χ1n) is 9.26. The molecule has 1 fully saturated rings. The molecule has 2 aromatic heterocycles. The van der Waals surface area contributed by atoms with E-state index in [4.69, 9.17) is 4.98 Å². The van der Waals surface area contributed by atoms with Crippen LogP contribution in [0.4, 0.5) is 0 Å². The number of amides is 1. The van der Waals surface area contributed by atoms with Gasteiger partial charge in [0.2, 0.25) is 0 Å². The van der Waals surface area contributed by atoms with Crippen molar-refractivity contribution >= 4 is 38.2 Å². The molecule has 1 aliphatic rings. The summed E-state index contributed by atoms with van der Waals surface area (Å²) in [5.74, 6) is -0.145. The summed E-state index contributed by atoms with van der Waals surface area (Å²) >= 11 is 1.64. The number of carbonyl (C=O) groups is 1. The highest BCUT2D eigenvalue weighted by Crippen LogP contribution is 2.37. The molecular formula is C21H18N4O2S. The summed E-state index contributed by atoms with van der Waals surface area (Å²) in [5.41, 5.74) is 1.09. The van der Waals surface area contributed by atoms with Gasteiger partial charge in [-0.1, -0.05) is 30.3 Å². The van der Waals surface area contributed by atoms with Crippen LogP contribution in [0.3, 0.4) is 0 Å². The SMILES string of the molecule is Cn1nc(C(=O)N2CCC[C@@H]2c2nc3ccccc3s2)c2ccccc2c1=O. The van der Waals surface area contributed by atoms with Gasteiger partial charge in [-0.25, -0.2) is 9.67 Å². The van der Waals surface area contributed by atoms with Crippen molar-refractivity contribution in [1.82, 2.24) is 19.7 Å². The number of benzene rings is 2. The fraction of sp³-hybridized carbons (Fsp3) is 0.238. The fourth-order valence-corrected chi connectivity index (χ4v) is 5.01. The van der Waals surface area contributed by atoms with E-state index < -0.39 is 0 Å². The van der Waals surface area contributed by atoms with E-state index in [1.165, 1.54) is 4.68 Å². The lowest BCUT2D eigenvalue weighted by atomic mass is 10.1. The first kappa shape index (κ1) is 17.1. The van der Waals surface area contributed by atoms with Crippen molar-refractivity contribution in [2.24, 2.45) is 7.05 Å². The van der Waals surface area contributed by atoms with Gasteiger partial charge < -0.3 is 4.90 Å². The number of fused-ring (bicyclic) bond motifs is 2. The van der Waals surface area contributed by atoms with E-state index in [-0.39, 0.29) is 17.5 Å². The number of carbonyl (C=O) groups excluding carboxylic acids is 1. The van der Waals surface area contributed by atoms with Crippen LogP contribution in [0.2, 0.25) is 0 Å². The van der Waals surface area contributed by atoms with Crippen LogP contribution in [0.1, 0.15) is 34.4 Å². The predicted molar refractivity (Wildman–Crippen MR) is 110 cm³/mol. The zero-order chi connectivity index (χ0) is 19.3. The van der Waals surface area contributed by atoms with Crippen LogP contribution < -0.4 is 5.56 Å². The molecule has 6 nitrogen and oxygen atoms in total. The Bertz CT molecular complexity index is 1240. The maximum atomic E-state index is 13.4. The number of aromatic nitrogens is 3. The third kappa shape index (κ3) is 2.62. The molecule has 1 aliphatic heterocycles. The van der Waals surface area contributed by atoms with Gasteiger partial charge >= 0.3 is 0 Å². The minimum absolute atomic E-state index is 0.0531. The Morgan fingerprint density at radius 3 is 2.68 bits per heavy atom. The van der Waals surface area contributed by atoms with Gasteiger partial charge in [-0.15, -0.1) is 11.3 Å². The molecule has 0 bridgehead atoms. The summed E-state index contributed by atoms with van der Waals surface area (Å²) in [5, 5.41) is 6.39. The number of rotatable bonds is 2. The van der Waals surface area contributed by atoms with E-state index in [2.05, 4.69) is 11.2 Å². The van der Waals surface area contributed by atoms with Crippen molar-refractivity contribution in [1.29, 1.82) is 0 Å². The van der Waals surface area contributed by atoms with Crippen LogP contribution >= 0.6 is 11.3 Å². The lowest BCUT2D eigenvalue weighted by Crippen LogP contribution is -2.33. The van der Waals surface area contributed by atoms with E-state index in [1.54, 1.807) is 36.6 Å². The molecule has 0 aliphatic carbocycles. The third-order valence-electron chi connectivity index (χ3n) is 5.27. The largest absolute Gasteiger partial charge is 0.328 e. The molecule has 2 aromatic carbocycles. The Balaban J connectivity index is 1.59. The maximum absolute atomic E-state index is 13.4. The highest BCUT2D eigenvalue weighted by atomic mass is 32.1. The van der Waals surface area contributed by atoms with E-state index in [1.807, 2.05) is 29.2 Å². The van der Waals surface area contributed by atoms with Crippen LogP contribution in [0, 0.1) is 0 Å². The van der Waals surface area contributed by atoms with Gasteiger partial charge in [-0.05, 0) is 31.0 Å². The molecule has 1 saturated heterocycles. The molecule has 0 unspecified atom stereocenters. The van der Waals surface area contributed by atoms with Crippen LogP contribution in [0.5, 0.6) is 0 Å². The summed E-state index contributed by atoms with van der Waals surface area (Å²) < 4.78 is 2.38. The second-order valence-electron chi connectivity index (χ2n) is 7.00. The quantitative estimate of drug-likeness (QED) is 0.525. The first-order chi connectivity index (χ1) is 13.6. The van der Waals surface area contributed by atoms with Crippen LogP contribution in [0.25, 0.3) is 21.0 Å². The Kier molecular flexibility index (Phi) is 3.98. The molecule has 28 heavy (non-hydrogen) atoms. The standard InChI is InChI=1S/C21H18N4O2S/c1-24-20(26)14-8-3-2-7-13(14)18(23-24)21(27)25-12-6-10-16(25)19-22-15-9-4-5-11-17(15)28-19/h2-5,7-9,11,16H,6,10,12H2,1H3/t16-/m1/s1. The minimum atomic E-state index is -0.198. The van der Waals surface area contributed by atoms with E-state index in [9.17, 15) is 9.59 Å². The zero-order valence-electron chi connectivity index (χ0n) is 15.3. The van der Waals surface area contributed by atoms with E-state index >= 15 is 0 Å². The van der Waals surface area contributed by atoms with Crippen molar-refractivity contribution in [2.75, 3.05) is 6.54 Å². The fourth-order valence-electron chi connectivity index (χ4n) is 3.89. The molecule has 0 N–H and O–H groups in total. The van der Waals surface area contributed by atoms with Gasteiger partial charge in [-0.2, -0.15) is 5.10 Å². The highest BCUT2D eigenvalue weighted by Gasteiger charge is 2.34. The minimum Gasteiger partial charge on any atom is -0.328 e. The number of aryl methyl sites for hydroxylation is 1. The van der Waals surface area contributed by atoms with Crippen molar-refractivity contribution in [2.45, 2.75) is 18.9 Å². The molecule has 0 saturated carbocycles. The zero-order valence-corrected chi connectivity index (χ0v) is 16.1. The van der Waals surface area contributed by atoms with E-state index in [0.717, 1.165) is 28.1 Å². The lowest BCUT2D eigenvalue weighted by Gasteiger charge is -2.23. The second-order valence-corrected chi connectivity index (χ2v) is 8.06. The van der Waals surface area contributed by atoms with Crippen LogP contribution in [0.15, 0.2) is 53.3 Å². The Labute approximate surface area is 165 Å². The summed E-state index contributed by atoms with van der Waals surface area (Å²) in [4.78, 5) is 32.4. The summed E-state index contributed by atoms with van der Waals surface area (Å²) in [6.45, 7) is 0.665. The first-order valence-corrected chi connectivity index (χ1v) is 10.1. The Hall–Kier alpha value is -3.06. The van der Waals surface area contributed by atoms with Crippen molar-refractivity contribution in [3.8, 4) is 0 Å². The molecule has 7 heteroatoms. The number of thiazole rings is 1. The monoisotopic (exact) mass is 390 g/mol. The third-order valence-corrected chi connectivity index (χ3v) is 6.41. The topological polar surface area (TPSA) is 68.1 Å². The molecule has 3 heterocycles. The van der Waals surface area contributed by atoms with Gasteiger partial charge in [0.1, 0.15) is 5.01 Å². The summed E-state index contributed by atoms with van der Waals surface area (Å²) in [7, 11) is 1.58. The van der Waals surface area contributed by atoms with Gasteiger partial charge in [-0.3, -0.25) is 9.59 Å². The van der Waals surface area contributed by atoms with Crippen LogP contribution in [-0.2, 0) is 7.05 Å². The molecule has 1 amide bonds. The molecule has 4 aromatic rings. The average Bonchev–Trinajstić information content (AvgIpc) is 3.36. The highest BCUT2D eigenvalue weighted by molar-refractivity contribution is 7.18. The molecule has 5 rings (SSSR count). The summed E-state index contributed by atoms with van der Waals surface area (Å²) in [6, 6.07) is 15.1. The number of hydrogen-bond acceptors (Lipinski definition) is 5. The van der Waals surface area contributed by atoms with Crippen molar-refractivity contribution in [3.63, 3.8) is 0 Å². The number of likely N-dealkylation sites (tertiary alicyclic amines) is 1. The summed E-state index contributed by atoms with van der Waals surface area (Å²) in [6.07, 6.45) is 1.81. The lowest BCUT2D eigenvalue weighted by molar-refractivity contribution is 0.0729. The van der Waals surface area contributed by atoms with Gasteiger partial charge in [0.25, 0.3) is 11.5 Å². The molecule has 0 spiro atoms. The van der Waals surface area contributed by atoms with Gasteiger partial charge in [0.05, 0.1) is 21.6 Å². The molecular weight excluding hydrogens is 372 g/mol. The molecule has 1 atom stereocenters. The van der Waals surface area contributed by atoms with Gasteiger partial charge in [0, 0.05) is 19.0 Å². The van der Waals surface area contributed by atoms with Gasteiger partial charge in [0.15, 0.2) is 5.69 Å². The predicted octanol–water partition coefficient (Wildman–Crippen LogP) is 3.52. The smallest absolute Gasteiger partial charge is 0.275 e. The number of hydrogen-bond donors (Lipinski definition) is 0. The van der Waals surface area contributed by atoms with Crippen molar-refractivity contribution in [3.05, 3.63) is 69.6 Å².